The molecule has 0 bridgehead atoms. The molecule has 0 atom stereocenters. The number of nitrogens with one attached hydrogen (secondary N) is 2. The fourth-order valence-electron chi connectivity index (χ4n) is 2.53. The number of carbonyl (C=O) groups is 2. The summed E-state index contributed by atoms with van der Waals surface area (Å²) in [5.41, 5.74) is 0.380. The molecule has 1 aromatic carbocycles. The minimum absolute atomic E-state index is 0.00832. The minimum Gasteiger partial charge on any atom is -0.483 e. The molecule has 3 aromatic rings. The molecule has 0 unspecified atom stereocenters. The van der Waals surface area contributed by atoms with Crippen LogP contribution >= 0.6 is 34.8 Å². The molecule has 0 aliphatic carbocycles. The van der Waals surface area contributed by atoms with Gasteiger partial charge in [0.2, 0.25) is 0 Å². The van der Waals surface area contributed by atoms with Crippen LogP contribution in [0.3, 0.4) is 0 Å². The molecule has 0 fully saturated rings. The Morgan fingerprint density at radius 2 is 1.87 bits per heavy atom. The van der Waals surface area contributed by atoms with Gasteiger partial charge in [-0.05, 0) is 31.2 Å². The molecule has 0 radical (unpaired) electrons. The van der Waals surface area contributed by atoms with Crippen LogP contribution in [0.5, 0.6) is 5.75 Å². The second-order valence-electron chi connectivity index (χ2n) is 6.03. The van der Waals surface area contributed by atoms with Gasteiger partial charge in [-0.25, -0.2) is 0 Å². The molecule has 11 heteroatoms. The minimum atomic E-state index is -0.537. The first-order valence-corrected chi connectivity index (χ1v) is 9.92. The van der Waals surface area contributed by atoms with Gasteiger partial charge in [0.25, 0.3) is 11.8 Å². The Kier molecular flexibility index (Phi) is 6.91. The third-order valence-corrected chi connectivity index (χ3v) is 4.76. The third kappa shape index (κ3) is 4.89. The lowest BCUT2D eigenvalue weighted by Gasteiger charge is -2.09. The molecule has 0 saturated heterocycles. The fourth-order valence-corrected chi connectivity index (χ4v) is 3.46. The molecule has 0 spiro atoms. The molecule has 0 saturated carbocycles. The lowest BCUT2D eigenvalue weighted by molar-refractivity contribution is 0.0958. The topological polar surface area (TPSA) is 98.4 Å². The summed E-state index contributed by atoms with van der Waals surface area (Å²) < 4.78 is 12.7. The van der Waals surface area contributed by atoms with Crippen LogP contribution in [-0.2, 0) is 13.2 Å². The predicted molar refractivity (Wildman–Crippen MR) is 114 cm³/mol. The molecule has 3 rings (SSSR count). The van der Waals surface area contributed by atoms with E-state index in [-0.39, 0.29) is 39.5 Å². The van der Waals surface area contributed by atoms with E-state index in [9.17, 15) is 9.59 Å². The Morgan fingerprint density at radius 1 is 1.17 bits per heavy atom. The summed E-state index contributed by atoms with van der Waals surface area (Å²) in [6.07, 6.45) is 1.57. The van der Waals surface area contributed by atoms with Crippen LogP contribution in [0.15, 0.2) is 34.9 Å². The first kappa shape index (κ1) is 22.0. The molecule has 30 heavy (non-hydrogen) atoms. The number of amides is 2. The van der Waals surface area contributed by atoms with Crippen molar-refractivity contribution in [3.05, 3.63) is 62.7 Å². The number of nitrogens with zero attached hydrogens (tertiary/aromatic N) is 2. The average Bonchev–Trinajstić information content (AvgIpc) is 3.33. The third-order valence-electron chi connectivity index (χ3n) is 3.98. The van der Waals surface area contributed by atoms with E-state index in [0.29, 0.717) is 17.3 Å². The largest absolute Gasteiger partial charge is 0.483 e. The fraction of sp³-hybridized carbons (Fsp3) is 0.211. The summed E-state index contributed by atoms with van der Waals surface area (Å²) >= 11 is 18.0. The van der Waals surface area contributed by atoms with Gasteiger partial charge in [0.1, 0.15) is 12.4 Å². The Labute approximate surface area is 187 Å². The van der Waals surface area contributed by atoms with Gasteiger partial charge in [0.05, 0.1) is 15.7 Å². The van der Waals surface area contributed by atoms with Crippen molar-refractivity contribution in [2.75, 3.05) is 12.4 Å². The molecule has 2 heterocycles. The summed E-state index contributed by atoms with van der Waals surface area (Å²) in [5, 5.41) is 10.2. The van der Waals surface area contributed by atoms with E-state index < -0.39 is 11.8 Å². The monoisotopic (exact) mass is 470 g/mol. The second kappa shape index (κ2) is 9.42. The Morgan fingerprint density at radius 3 is 2.50 bits per heavy atom. The van der Waals surface area contributed by atoms with Crippen molar-refractivity contribution < 1.29 is 18.7 Å². The highest BCUT2D eigenvalue weighted by atomic mass is 35.5. The molecular weight excluding hydrogens is 455 g/mol. The number of hydrogen-bond donors (Lipinski definition) is 2. The highest BCUT2D eigenvalue weighted by molar-refractivity contribution is 6.40. The van der Waals surface area contributed by atoms with E-state index in [1.54, 1.807) is 16.9 Å². The Bertz CT molecular complexity index is 1070. The number of furan rings is 1. The second-order valence-corrected chi connectivity index (χ2v) is 7.28. The van der Waals surface area contributed by atoms with Gasteiger partial charge < -0.3 is 19.8 Å². The van der Waals surface area contributed by atoms with Crippen molar-refractivity contribution in [1.29, 1.82) is 0 Å². The zero-order valence-corrected chi connectivity index (χ0v) is 18.2. The summed E-state index contributed by atoms with van der Waals surface area (Å²) in [6, 6.07) is 6.09. The van der Waals surface area contributed by atoms with Crippen LogP contribution in [0.25, 0.3) is 0 Å². The van der Waals surface area contributed by atoms with E-state index in [4.69, 9.17) is 44.0 Å². The van der Waals surface area contributed by atoms with Crippen LogP contribution in [0.1, 0.15) is 33.7 Å². The molecule has 2 amide bonds. The van der Waals surface area contributed by atoms with Crippen molar-refractivity contribution in [3.8, 4) is 5.75 Å². The summed E-state index contributed by atoms with van der Waals surface area (Å²) in [6.45, 7) is 2.40. The molecule has 0 aliphatic rings. The molecule has 2 aromatic heterocycles. The zero-order valence-electron chi connectivity index (χ0n) is 16.0. The number of anilines is 1. The standard InChI is InChI=1S/C19H17Cl3N4O4/c1-3-26-8-14(16(25-26)19(28)23-2)24-18(27)15-5-4-11(30-15)9-29-17-12(21)6-10(20)7-13(17)22/h4-8H,3,9H2,1-2H3,(H,23,28)(H,24,27). The van der Waals surface area contributed by atoms with Crippen molar-refractivity contribution in [2.45, 2.75) is 20.1 Å². The van der Waals surface area contributed by atoms with Crippen LogP contribution in [0.4, 0.5) is 5.69 Å². The van der Waals surface area contributed by atoms with Gasteiger partial charge in [-0.15, -0.1) is 0 Å². The molecule has 8 nitrogen and oxygen atoms in total. The highest BCUT2D eigenvalue weighted by Gasteiger charge is 2.20. The molecule has 0 aliphatic heterocycles. The molecular formula is C19H17Cl3N4O4. The van der Waals surface area contributed by atoms with Gasteiger partial charge >= 0.3 is 0 Å². The van der Waals surface area contributed by atoms with E-state index in [2.05, 4.69) is 15.7 Å². The van der Waals surface area contributed by atoms with Crippen molar-refractivity contribution >= 4 is 52.3 Å². The first-order chi connectivity index (χ1) is 14.3. The van der Waals surface area contributed by atoms with Crippen LogP contribution in [0, 0.1) is 0 Å². The normalized spacial score (nSPS) is 10.7. The van der Waals surface area contributed by atoms with Gasteiger partial charge in [-0.3, -0.25) is 14.3 Å². The summed E-state index contributed by atoms with van der Waals surface area (Å²) in [4.78, 5) is 24.5. The van der Waals surface area contributed by atoms with Crippen molar-refractivity contribution in [1.82, 2.24) is 15.1 Å². The lowest BCUT2D eigenvalue weighted by atomic mass is 10.3. The maximum Gasteiger partial charge on any atom is 0.291 e. The van der Waals surface area contributed by atoms with E-state index in [1.807, 2.05) is 6.92 Å². The quantitative estimate of drug-likeness (QED) is 0.523. The number of hydrogen-bond acceptors (Lipinski definition) is 5. The molecule has 158 valence electrons. The first-order valence-electron chi connectivity index (χ1n) is 8.79. The number of carbonyl (C=O) groups excluding carboxylic acids is 2. The smallest absolute Gasteiger partial charge is 0.291 e. The van der Waals surface area contributed by atoms with Gasteiger partial charge in [-0.2, -0.15) is 5.10 Å². The van der Waals surface area contributed by atoms with Gasteiger partial charge in [0, 0.05) is 24.8 Å². The Hall–Kier alpha value is -2.68. The Balaban J connectivity index is 1.70. The lowest BCUT2D eigenvalue weighted by Crippen LogP contribution is -2.21. The predicted octanol–water partition coefficient (Wildman–Crippen LogP) is 4.65. The molecule has 2 N–H and O–H groups in total. The number of ether oxygens (including phenoxy) is 1. The van der Waals surface area contributed by atoms with Gasteiger partial charge in [-0.1, -0.05) is 34.8 Å². The summed E-state index contributed by atoms with van der Waals surface area (Å²) in [7, 11) is 1.48. The summed E-state index contributed by atoms with van der Waals surface area (Å²) in [5.74, 6) is -0.285. The van der Waals surface area contributed by atoms with Crippen molar-refractivity contribution in [3.63, 3.8) is 0 Å². The van der Waals surface area contributed by atoms with Crippen LogP contribution in [-0.4, -0.2) is 28.6 Å². The van der Waals surface area contributed by atoms with Crippen LogP contribution < -0.4 is 15.4 Å². The van der Waals surface area contributed by atoms with E-state index >= 15 is 0 Å². The zero-order chi connectivity index (χ0) is 21.8. The SMILES string of the molecule is CCn1cc(NC(=O)c2ccc(COc3c(Cl)cc(Cl)cc3Cl)o2)c(C(=O)NC)n1. The van der Waals surface area contributed by atoms with Crippen molar-refractivity contribution in [2.24, 2.45) is 0 Å². The van der Waals surface area contributed by atoms with E-state index in [1.165, 1.54) is 25.2 Å². The average molecular weight is 472 g/mol. The maximum absolute atomic E-state index is 12.5. The van der Waals surface area contributed by atoms with Crippen LogP contribution in [0.2, 0.25) is 15.1 Å². The number of aromatic nitrogens is 2. The highest BCUT2D eigenvalue weighted by Crippen LogP contribution is 2.36. The number of rotatable bonds is 7. The van der Waals surface area contributed by atoms with Gasteiger partial charge in [0.15, 0.2) is 17.2 Å². The maximum atomic E-state index is 12.5. The number of aryl methyl sites for hydroxylation is 1. The van der Waals surface area contributed by atoms with E-state index in [0.717, 1.165) is 0 Å². The number of halogens is 3. The number of benzene rings is 1.